The van der Waals surface area contributed by atoms with Crippen LogP contribution < -0.4 is 5.32 Å². The van der Waals surface area contributed by atoms with Crippen LogP contribution in [-0.4, -0.2) is 37.0 Å². The quantitative estimate of drug-likeness (QED) is 0.466. The summed E-state index contributed by atoms with van der Waals surface area (Å²) < 4.78 is 21.8. The first-order valence-corrected chi connectivity index (χ1v) is 12.5. The van der Waals surface area contributed by atoms with Gasteiger partial charge in [-0.05, 0) is 48.3 Å². The Hall–Kier alpha value is -3.62. The molecule has 2 saturated carbocycles. The highest BCUT2D eigenvalue weighted by atomic mass is 16.6. The van der Waals surface area contributed by atoms with E-state index in [1.165, 1.54) is 19.6 Å². The summed E-state index contributed by atoms with van der Waals surface area (Å²) >= 11 is 0. The number of amides is 1. The lowest BCUT2D eigenvalue weighted by molar-refractivity contribution is -0.207. The molecule has 1 aliphatic heterocycles. The van der Waals surface area contributed by atoms with Gasteiger partial charge in [0.1, 0.15) is 6.10 Å². The Morgan fingerprint density at radius 3 is 2.51 bits per heavy atom. The molecule has 9 heteroatoms. The van der Waals surface area contributed by atoms with Gasteiger partial charge >= 0.3 is 18.0 Å². The molecule has 7 atom stereocenters. The molecule has 1 aromatic carbocycles. The zero-order valence-electron chi connectivity index (χ0n) is 21.1. The number of ketones is 1. The van der Waals surface area contributed by atoms with Crippen LogP contribution in [0.15, 0.2) is 53.3 Å². The van der Waals surface area contributed by atoms with Crippen LogP contribution in [0.2, 0.25) is 0 Å². The van der Waals surface area contributed by atoms with Crippen molar-refractivity contribution < 1.29 is 37.8 Å². The molecule has 196 valence electrons. The molecule has 0 radical (unpaired) electrons. The summed E-state index contributed by atoms with van der Waals surface area (Å²) in [6, 6.07) is 10.5. The number of fused-ring (bicyclic) bond motifs is 3. The number of anilines is 1. The summed E-state index contributed by atoms with van der Waals surface area (Å²) in [5, 5.41) is 2.63. The lowest BCUT2D eigenvalue weighted by Gasteiger charge is -2.60. The second kappa shape index (κ2) is 9.36. The first-order chi connectivity index (χ1) is 17.7. The molecule has 37 heavy (non-hydrogen) atoms. The molecule has 1 N–H and O–H groups in total. The van der Waals surface area contributed by atoms with Crippen LogP contribution in [0.5, 0.6) is 0 Å². The highest BCUT2D eigenvalue weighted by Crippen LogP contribution is 2.65. The maximum Gasteiger partial charge on any atom is 0.412 e. The van der Waals surface area contributed by atoms with Crippen molar-refractivity contribution in [3.8, 4) is 0 Å². The lowest BCUT2D eigenvalue weighted by atomic mass is 9.43. The number of cyclic esters (lactones) is 1. The SMILES string of the molecule is COC(=O)C1CC(OC(=O)Nc2ccccc2)C(=O)C2C1(C)CCC1C(=O)OC(c3ccoc3)CC12C. The van der Waals surface area contributed by atoms with Gasteiger partial charge in [0, 0.05) is 23.6 Å². The second-order valence-corrected chi connectivity index (χ2v) is 10.8. The molecule has 7 unspecified atom stereocenters. The van der Waals surface area contributed by atoms with Crippen molar-refractivity contribution in [2.45, 2.75) is 51.7 Å². The Morgan fingerprint density at radius 1 is 1.08 bits per heavy atom. The van der Waals surface area contributed by atoms with Gasteiger partial charge in [0.15, 0.2) is 11.9 Å². The summed E-state index contributed by atoms with van der Waals surface area (Å²) in [7, 11) is 1.31. The monoisotopic (exact) mass is 509 g/mol. The summed E-state index contributed by atoms with van der Waals surface area (Å²) in [6.07, 6.45) is 1.88. The standard InChI is InChI=1S/C28H31NO8/c1-27-11-9-18-25(32)36-21(16-10-12-35-15-16)14-28(18,2)23(27)22(30)20(13-19(27)24(31)34-3)37-26(33)29-17-7-5-4-6-8-17/h4-8,10,12,15,18-21,23H,9,11,13-14H2,1-3H3,(H,29,33). The smallest absolute Gasteiger partial charge is 0.412 e. The number of para-hydroxylation sites is 1. The number of esters is 2. The number of ether oxygens (including phenoxy) is 3. The van der Waals surface area contributed by atoms with E-state index in [4.69, 9.17) is 18.6 Å². The van der Waals surface area contributed by atoms with Crippen LogP contribution in [0.3, 0.4) is 0 Å². The first kappa shape index (κ1) is 25.0. The molecule has 9 nitrogen and oxygen atoms in total. The number of carbonyl (C=O) groups is 4. The Balaban J connectivity index is 1.49. The largest absolute Gasteiger partial charge is 0.472 e. The van der Waals surface area contributed by atoms with Crippen LogP contribution in [-0.2, 0) is 28.6 Å². The topological polar surface area (TPSA) is 121 Å². The van der Waals surface area contributed by atoms with E-state index in [0.717, 1.165) is 0 Å². The third kappa shape index (κ3) is 4.20. The highest BCUT2D eigenvalue weighted by molar-refractivity contribution is 5.94. The van der Waals surface area contributed by atoms with Gasteiger partial charge in [-0.3, -0.25) is 19.7 Å². The second-order valence-electron chi connectivity index (χ2n) is 10.8. The van der Waals surface area contributed by atoms with E-state index >= 15 is 0 Å². The zero-order chi connectivity index (χ0) is 26.4. The van der Waals surface area contributed by atoms with Crippen LogP contribution >= 0.6 is 0 Å². The van der Waals surface area contributed by atoms with Gasteiger partial charge in [0.25, 0.3) is 0 Å². The number of hydrogen-bond acceptors (Lipinski definition) is 8. The van der Waals surface area contributed by atoms with Crippen molar-refractivity contribution in [2.24, 2.45) is 28.6 Å². The van der Waals surface area contributed by atoms with Gasteiger partial charge in [0.05, 0.1) is 31.5 Å². The number of methoxy groups -OCH3 is 1. The van der Waals surface area contributed by atoms with Gasteiger partial charge < -0.3 is 18.6 Å². The number of nitrogens with one attached hydrogen (secondary N) is 1. The minimum Gasteiger partial charge on any atom is -0.472 e. The van der Waals surface area contributed by atoms with E-state index in [-0.39, 0.29) is 18.2 Å². The van der Waals surface area contributed by atoms with Crippen LogP contribution in [0.1, 0.15) is 51.2 Å². The molecule has 0 spiro atoms. The minimum absolute atomic E-state index is 0.0249. The van der Waals surface area contributed by atoms with Crippen molar-refractivity contribution in [3.05, 3.63) is 54.5 Å². The van der Waals surface area contributed by atoms with Crippen molar-refractivity contribution in [2.75, 3.05) is 12.4 Å². The number of Topliss-reactive ketones (excluding diaryl/α,β-unsaturated/α-hetero) is 1. The van der Waals surface area contributed by atoms with Gasteiger partial charge in [-0.2, -0.15) is 0 Å². The van der Waals surface area contributed by atoms with Crippen molar-refractivity contribution in [3.63, 3.8) is 0 Å². The summed E-state index contributed by atoms with van der Waals surface area (Å²) in [5.74, 6) is -3.03. The van der Waals surface area contributed by atoms with E-state index in [9.17, 15) is 19.2 Å². The van der Waals surface area contributed by atoms with Crippen molar-refractivity contribution >= 4 is 29.5 Å². The molecule has 2 heterocycles. The summed E-state index contributed by atoms with van der Waals surface area (Å²) in [5.41, 5.74) is -0.370. The van der Waals surface area contributed by atoms with Gasteiger partial charge in [0.2, 0.25) is 0 Å². The van der Waals surface area contributed by atoms with E-state index in [1.54, 1.807) is 30.3 Å². The van der Waals surface area contributed by atoms with E-state index in [0.29, 0.717) is 30.5 Å². The average molecular weight is 510 g/mol. The molecule has 2 aromatic rings. The van der Waals surface area contributed by atoms with Gasteiger partial charge in [-0.1, -0.05) is 32.0 Å². The normalized spacial score (nSPS) is 34.9. The molecule has 1 aromatic heterocycles. The molecule has 0 bridgehead atoms. The Bertz CT molecular complexity index is 1190. The Labute approximate surface area is 214 Å². The predicted octanol–water partition coefficient (Wildman–Crippen LogP) is 4.69. The maximum atomic E-state index is 14.1. The van der Waals surface area contributed by atoms with E-state index < -0.39 is 52.9 Å². The molecule has 5 rings (SSSR count). The fourth-order valence-corrected chi connectivity index (χ4v) is 7.06. The molecule has 1 saturated heterocycles. The number of benzene rings is 1. The summed E-state index contributed by atoms with van der Waals surface area (Å²) in [4.78, 5) is 53.1. The van der Waals surface area contributed by atoms with Gasteiger partial charge in [-0.25, -0.2) is 4.79 Å². The maximum absolute atomic E-state index is 14.1. The number of rotatable bonds is 4. The fraction of sp³-hybridized carbons (Fsp3) is 0.500. The lowest BCUT2D eigenvalue weighted by Crippen LogP contribution is -2.64. The molecular weight excluding hydrogens is 478 g/mol. The van der Waals surface area contributed by atoms with Crippen LogP contribution in [0, 0.1) is 28.6 Å². The molecular formula is C28H31NO8. The number of furan rings is 1. The third-order valence-electron chi connectivity index (χ3n) is 8.77. The molecule has 3 aliphatic rings. The van der Waals surface area contributed by atoms with Crippen molar-refractivity contribution in [1.29, 1.82) is 0 Å². The third-order valence-corrected chi connectivity index (χ3v) is 8.77. The van der Waals surface area contributed by atoms with E-state index in [2.05, 4.69) is 5.32 Å². The van der Waals surface area contributed by atoms with Crippen molar-refractivity contribution in [1.82, 2.24) is 0 Å². The fourth-order valence-electron chi connectivity index (χ4n) is 7.06. The number of hydrogen-bond donors (Lipinski definition) is 1. The zero-order valence-corrected chi connectivity index (χ0v) is 21.1. The molecule has 1 amide bonds. The Morgan fingerprint density at radius 2 is 1.84 bits per heavy atom. The minimum atomic E-state index is -1.16. The van der Waals surface area contributed by atoms with E-state index in [1.807, 2.05) is 19.9 Å². The molecule has 2 aliphatic carbocycles. The van der Waals surface area contributed by atoms with Crippen LogP contribution in [0.4, 0.5) is 10.5 Å². The average Bonchev–Trinajstić information content (AvgIpc) is 3.40. The first-order valence-electron chi connectivity index (χ1n) is 12.5. The van der Waals surface area contributed by atoms with Gasteiger partial charge in [-0.15, -0.1) is 0 Å². The highest BCUT2D eigenvalue weighted by Gasteiger charge is 2.67. The van der Waals surface area contributed by atoms with Crippen LogP contribution in [0.25, 0.3) is 0 Å². The molecule has 3 fully saturated rings. The predicted molar refractivity (Wildman–Crippen MR) is 130 cm³/mol. The summed E-state index contributed by atoms with van der Waals surface area (Å²) in [6.45, 7) is 3.84. The number of carbonyl (C=O) groups excluding carboxylic acids is 4. The Kier molecular flexibility index (Phi) is 6.33.